The molecule has 1 aliphatic heterocycles. The topological polar surface area (TPSA) is 102 Å². The number of anilines is 4. The number of alkyl halides is 1. The average molecular weight is 437 g/mol. The number of hydrogen-bond acceptors (Lipinski definition) is 7. The van der Waals surface area contributed by atoms with Crippen molar-refractivity contribution in [2.24, 2.45) is 5.92 Å². The Bertz CT molecular complexity index is 1430. The maximum Gasteiger partial charge on any atom is 0.224 e. The molecule has 2 aliphatic rings. The van der Waals surface area contributed by atoms with E-state index in [-0.39, 0.29) is 46.7 Å². The predicted molar refractivity (Wildman–Crippen MR) is 109 cm³/mol. The molecule has 0 radical (unpaired) electrons. The van der Waals surface area contributed by atoms with E-state index in [0.717, 1.165) is 16.6 Å². The first-order valence-corrected chi connectivity index (χ1v) is 9.21. The summed E-state index contributed by atoms with van der Waals surface area (Å²) in [4.78, 5) is 16.7. The van der Waals surface area contributed by atoms with Crippen LogP contribution in [-0.4, -0.2) is 46.8 Å². The van der Waals surface area contributed by atoms with Crippen LogP contribution in [0.4, 0.5) is 31.8 Å². The standard InChI is InChI=1S/C20H20F2N6O3/c1-23-17-8-16(25-13-6-11(21)7-15-19(13)31-3-2-30-15)27-20-14(9-24-28(17)20)26-18(29)5-10-4-12(10)22/h6-10,12,23H,2-5H2,1H3,(H,25,27)(H,26,29)/t10-,12-/m0/s1/i1D3,2D2,3D2. The number of ether oxygens (including phenoxy) is 2. The minimum absolute atomic E-state index is 0.0169. The number of fused-ring (bicyclic) bond motifs is 2. The van der Waals surface area contributed by atoms with Gasteiger partial charge in [0, 0.05) is 41.6 Å². The quantitative estimate of drug-likeness (QED) is 0.545. The first kappa shape index (κ1) is 12.9. The zero-order chi connectivity index (χ0) is 27.6. The van der Waals surface area contributed by atoms with Crippen LogP contribution in [0.3, 0.4) is 0 Å². The van der Waals surface area contributed by atoms with Crippen LogP contribution in [0.1, 0.15) is 22.4 Å². The molecule has 3 aromatic rings. The number of nitrogens with zero attached hydrogens (tertiary/aromatic N) is 3. The summed E-state index contributed by atoms with van der Waals surface area (Å²) in [5.41, 5.74) is -0.130. The van der Waals surface area contributed by atoms with Crippen LogP contribution in [0.15, 0.2) is 24.4 Å². The Labute approximate surface area is 185 Å². The van der Waals surface area contributed by atoms with Crippen molar-refractivity contribution in [3.05, 3.63) is 30.2 Å². The van der Waals surface area contributed by atoms with E-state index in [9.17, 15) is 13.6 Å². The molecule has 0 spiro atoms. The summed E-state index contributed by atoms with van der Waals surface area (Å²) in [6, 6.07) is 2.95. The fourth-order valence-electron chi connectivity index (χ4n) is 3.19. The Morgan fingerprint density at radius 3 is 3.00 bits per heavy atom. The largest absolute Gasteiger partial charge is 0.486 e. The number of amides is 1. The summed E-state index contributed by atoms with van der Waals surface area (Å²) < 4.78 is 92.6. The lowest BCUT2D eigenvalue weighted by Gasteiger charge is -2.21. The van der Waals surface area contributed by atoms with Crippen LogP contribution < -0.4 is 25.4 Å². The molecule has 1 saturated carbocycles. The zero-order valence-corrected chi connectivity index (χ0v) is 15.7. The smallest absolute Gasteiger partial charge is 0.224 e. The Hall–Kier alpha value is -3.63. The monoisotopic (exact) mass is 437 g/mol. The van der Waals surface area contributed by atoms with Crippen LogP contribution in [0.2, 0.25) is 0 Å². The third-order valence-electron chi connectivity index (χ3n) is 4.80. The number of carbonyl (C=O) groups is 1. The molecule has 1 aliphatic carbocycles. The van der Waals surface area contributed by atoms with Crippen molar-refractivity contribution >= 4 is 34.6 Å². The molecular formula is C20H20F2N6O3. The molecule has 3 N–H and O–H groups in total. The minimum Gasteiger partial charge on any atom is -0.486 e. The molecule has 1 aromatic carbocycles. The van der Waals surface area contributed by atoms with Gasteiger partial charge in [-0.2, -0.15) is 9.61 Å². The summed E-state index contributed by atoms with van der Waals surface area (Å²) in [6.45, 7) is -8.53. The SMILES string of the molecule is [2H]C([2H])([2H])Nc1cc(Nc2cc(F)cc3c2OC([2H])([2H])C([2H])([2H])O3)nc2c(NC(=O)C[C@@H]3C[C@@H]3F)cnn12. The van der Waals surface area contributed by atoms with E-state index < -0.39 is 43.7 Å². The highest BCUT2D eigenvalue weighted by Gasteiger charge is 2.38. The summed E-state index contributed by atoms with van der Waals surface area (Å²) >= 11 is 0. The highest BCUT2D eigenvalue weighted by Crippen LogP contribution is 2.40. The van der Waals surface area contributed by atoms with E-state index in [2.05, 4.69) is 26.0 Å². The van der Waals surface area contributed by atoms with Gasteiger partial charge in [0.15, 0.2) is 17.1 Å². The Morgan fingerprint density at radius 1 is 1.35 bits per heavy atom. The van der Waals surface area contributed by atoms with Gasteiger partial charge < -0.3 is 25.4 Å². The van der Waals surface area contributed by atoms with Crippen molar-refractivity contribution < 1.29 is 32.6 Å². The van der Waals surface area contributed by atoms with E-state index in [1.54, 1.807) is 0 Å². The van der Waals surface area contributed by atoms with Gasteiger partial charge in [0.05, 0.1) is 17.4 Å². The Morgan fingerprint density at radius 2 is 2.19 bits per heavy atom. The van der Waals surface area contributed by atoms with Crippen molar-refractivity contribution in [3.8, 4) is 11.5 Å². The second-order valence-electron chi connectivity index (χ2n) is 7.02. The van der Waals surface area contributed by atoms with Gasteiger partial charge >= 0.3 is 0 Å². The van der Waals surface area contributed by atoms with E-state index in [0.29, 0.717) is 6.42 Å². The highest BCUT2D eigenvalue weighted by molar-refractivity contribution is 5.95. The van der Waals surface area contributed by atoms with E-state index >= 15 is 0 Å². The number of nitrogens with one attached hydrogen (secondary N) is 3. The van der Waals surface area contributed by atoms with E-state index in [1.807, 2.05) is 0 Å². The van der Waals surface area contributed by atoms with Gasteiger partial charge in [-0.05, 0) is 6.42 Å². The third kappa shape index (κ3) is 3.78. The zero-order valence-electron chi connectivity index (χ0n) is 22.7. The molecule has 0 saturated heterocycles. The summed E-state index contributed by atoms with van der Waals surface area (Å²) in [7, 11) is 0. The first-order chi connectivity index (χ1) is 17.6. The molecule has 1 fully saturated rings. The lowest BCUT2D eigenvalue weighted by molar-refractivity contribution is -0.116. The van der Waals surface area contributed by atoms with E-state index in [1.165, 1.54) is 12.3 Å². The van der Waals surface area contributed by atoms with Gasteiger partial charge in [-0.25, -0.2) is 13.8 Å². The molecule has 0 unspecified atom stereocenters. The van der Waals surface area contributed by atoms with Crippen LogP contribution in [-0.2, 0) is 4.79 Å². The molecule has 11 heteroatoms. The molecule has 162 valence electrons. The van der Waals surface area contributed by atoms with Gasteiger partial charge in [0.25, 0.3) is 0 Å². The highest BCUT2D eigenvalue weighted by atomic mass is 19.1. The van der Waals surface area contributed by atoms with Crippen LogP contribution in [0.25, 0.3) is 5.65 Å². The van der Waals surface area contributed by atoms with Crippen molar-refractivity contribution in [3.63, 3.8) is 0 Å². The third-order valence-corrected chi connectivity index (χ3v) is 4.80. The van der Waals surface area contributed by atoms with Crippen LogP contribution in [0.5, 0.6) is 11.5 Å². The summed E-state index contributed by atoms with van der Waals surface area (Å²) in [5.74, 6) is -2.71. The van der Waals surface area contributed by atoms with Gasteiger partial charge in [-0.1, -0.05) is 0 Å². The average Bonchev–Trinajstić information content (AvgIpc) is 3.29. The lowest BCUT2D eigenvalue weighted by Crippen LogP contribution is -2.17. The van der Waals surface area contributed by atoms with Gasteiger partial charge in [0.1, 0.15) is 42.4 Å². The normalized spacial score (nSPS) is 26.2. The molecule has 3 heterocycles. The maximum atomic E-state index is 14.4. The molecule has 5 rings (SSSR count). The second kappa shape index (κ2) is 7.56. The maximum absolute atomic E-state index is 14.4. The van der Waals surface area contributed by atoms with Crippen LogP contribution >= 0.6 is 0 Å². The number of hydrogen-bond donors (Lipinski definition) is 3. The number of aromatic nitrogens is 3. The fraction of sp³-hybridized carbons (Fsp3) is 0.350. The molecule has 2 atom stereocenters. The lowest BCUT2D eigenvalue weighted by atomic mass is 10.2. The van der Waals surface area contributed by atoms with Crippen molar-refractivity contribution in [2.45, 2.75) is 19.0 Å². The van der Waals surface area contributed by atoms with E-state index in [4.69, 9.17) is 19.1 Å². The molecular weight excluding hydrogens is 410 g/mol. The first-order valence-electron chi connectivity index (χ1n) is 12.7. The van der Waals surface area contributed by atoms with Crippen molar-refractivity contribution in [1.29, 1.82) is 0 Å². The molecule has 31 heavy (non-hydrogen) atoms. The number of benzene rings is 1. The fourth-order valence-corrected chi connectivity index (χ4v) is 3.19. The van der Waals surface area contributed by atoms with Crippen molar-refractivity contribution in [2.75, 3.05) is 36.0 Å². The number of carbonyl (C=O) groups excluding carboxylic acids is 1. The molecule has 1 amide bonds. The number of halogens is 2. The van der Waals surface area contributed by atoms with Gasteiger partial charge in [-0.3, -0.25) is 4.79 Å². The van der Waals surface area contributed by atoms with Crippen molar-refractivity contribution in [1.82, 2.24) is 14.6 Å². The number of rotatable bonds is 6. The van der Waals surface area contributed by atoms with Gasteiger partial charge in [-0.15, -0.1) is 0 Å². The van der Waals surface area contributed by atoms with Crippen LogP contribution in [0, 0.1) is 11.7 Å². The minimum atomic E-state index is -2.94. The van der Waals surface area contributed by atoms with Gasteiger partial charge in [0.2, 0.25) is 5.91 Å². The Kier molecular flexibility index (Phi) is 3.15. The molecule has 2 aromatic heterocycles. The molecule has 9 nitrogen and oxygen atoms in total. The molecule has 0 bridgehead atoms. The second-order valence-corrected chi connectivity index (χ2v) is 7.02. The summed E-state index contributed by atoms with van der Waals surface area (Å²) in [6.07, 6.45) is 0.439. The summed E-state index contributed by atoms with van der Waals surface area (Å²) in [5, 5.41) is 11.6. The predicted octanol–water partition coefficient (Wildman–Crippen LogP) is 3.11. The Balaban J connectivity index is 1.53.